The van der Waals surface area contributed by atoms with Crippen LogP contribution in [0.3, 0.4) is 0 Å². The summed E-state index contributed by atoms with van der Waals surface area (Å²) in [5.41, 5.74) is 0. The zero-order chi connectivity index (χ0) is 13.8. The monoisotopic (exact) mass is 273 g/mol. The predicted molar refractivity (Wildman–Crippen MR) is 63.0 cm³/mol. The Morgan fingerprint density at radius 1 is 1.50 bits per heavy atom. The molecule has 0 saturated carbocycles. The summed E-state index contributed by atoms with van der Waals surface area (Å²) >= 11 is 0. The van der Waals surface area contributed by atoms with Gasteiger partial charge in [0.2, 0.25) is 10.0 Å². The fourth-order valence-corrected chi connectivity index (χ4v) is 2.56. The number of sulfonamides is 1. The average Bonchev–Trinajstić information content (AvgIpc) is 2.28. The van der Waals surface area contributed by atoms with Crippen LogP contribution in [0, 0.1) is 5.82 Å². The Morgan fingerprint density at radius 3 is 2.61 bits per heavy atom. The molecule has 1 rings (SSSR count). The molecule has 0 spiro atoms. The molecule has 1 atom stereocenters. The summed E-state index contributed by atoms with van der Waals surface area (Å²) in [6.45, 7) is 3.33. The molecule has 1 aromatic rings. The molecule has 1 aromatic carbocycles. The van der Waals surface area contributed by atoms with E-state index in [1.807, 2.05) is 4.72 Å². The molecule has 0 heterocycles. The zero-order valence-corrected chi connectivity index (χ0v) is 10.2. The van der Waals surface area contributed by atoms with Gasteiger partial charge in [-0.3, -0.25) is 4.79 Å². The van der Waals surface area contributed by atoms with Crippen LogP contribution >= 0.6 is 0 Å². The van der Waals surface area contributed by atoms with Gasteiger partial charge in [-0.2, -0.15) is 4.72 Å². The van der Waals surface area contributed by atoms with E-state index in [9.17, 15) is 17.6 Å². The van der Waals surface area contributed by atoms with Gasteiger partial charge < -0.3 is 5.11 Å². The first-order valence-corrected chi connectivity index (χ1v) is 6.47. The lowest BCUT2D eigenvalue weighted by Gasteiger charge is -2.13. The van der Waals surface area contributed by atoms with Crippen LogP contribution in [0.5, 0.6) is 0 Å². The molecular weight excluding hydrogens is 261 g/mol. The van der Waals surface area contributed by atoms with Crippen molar-refractivity contribution in [3.8, 4) is 0 Å². The minimum atomic E-state index is -4.21. The Balaban J connectivity index is 3.04. The lowest BCUT2D eigenvalue weighted by molar-refractivity contribution is -0.138. The average molecular weight is 273 g/mol. The van der Waals surface area contributed by atoms with Crippen LogP contribution in [0.4, 0.5) is 4.39 Å². The molecule has 0 aliphatic rings. The van der Waals surface area contributed by atoms with Crippen LogP contribution in [0.2, 0.25) is 0 Å². The minimum absolute atomic E-state index is 0.0942. The largest absolute Gasteiger partial charge is 0.480 e. The first kappa shape index (κ1) is 14.3. The van der Waals surface area contributed by atoms with Crippen LogP contribution in [0.25, 0.3) is 0 Å². The minimum Gasteiger partial charge on any atom is -0.480 e. The third-order valence-corrected chi connectivity index (χ3v) is 3.63. The molecule has 0 aromatic heterocycles. The van der Waals surface area contributed by atoms with Crippen molar-refractivity contribution in [2.45, 2.75) is 17.4 Å². The van der Waals surface area contributed by atoms with Gasteiger partial charge in [-0.15, -0.1) is 6.58 Å². The molecule has 0 saturated heterocycles. The molecule has 5 nitrogen and oxygen atoms in total. The second kappa shape index (κ2) is 5.74. The lowest BCUT2D eigenvalue weighted by atomic mass is 10.2. The number of benzene rings is 1. The smallest absolute Gasteiger partial charge is 0.322 e. The molecule has 2 N–H and O–H groups in total. The number of rotatable bonds is 6. The molecule has 1 unspecified atom stereocenters. The normalized spacial score (nSPS) is 12.9. The van der Waals surface area contributed by atoms with Crippen LogP contribution in [-0.2, 0) is 14.8 Å². The Kier molecular flexibility index (Phi) is 4.57. The summed E-state index contributed by atoms with van der Waals surface area (Å²) in [6.07, 6.45) is 1.17. The fraction of sp³-hybridized carbons (Fsp3) is 0.182. The van der Waals surface area contributed by atoms with Crippen LogP contribution in [0.15, 0.2) is 41.8 Å². The Labute approximate surface area is 104 Å². The molecule has 0 bridgehead atoms. The highest BCUT2D eigenvalue weighted by atomic mass is 32.2. The Morgan fingerprint density at radius 2 is 2.11 bits per heavy atom. The highest BCUT2D eigenvalue weighted by Crippen LogP contribution is 2.14. The maximum absolute atomic E-state index is 13.3. The first-order chi connectivity index (χ1) is 8.38. The number of halogens is 1. The molecule has 18 heavy (non-hydrogen) atoms. The fourth-order valence-electron chi connectivity index (χ4n) is 1.28. The van der Waals surface area contributed by atoms with E-state index in [4.69, 9.17) is 5.11 Å². The number of carbonyl (C=O) groups is 1. The third kappa shape index (κ3) is 3.38. The number of aliphatic carboxylic acids is 1. The van der Waals surface area contributed by atoms with Gasteiger partial charge in [-0.1, -0.05) is 18.2 Å². The van der Waals surface area contributed by atoms with Gasteiger partial charge in [0.1, 0.15) is 16.8 Å². The highest BCUT2D eigenvalue weighted by Gasteiger charge is 2.26. The van der Waals surface area contributed by atoms with Crippen molar-refractivity contribution < 1.29 is 22.7 Å². The summed E-state index contributed by atoms with van der Waals surface area (Å²) < 4.78 is 38.8. The van der Waals surface area contributed by atoms with Crippen molar-refractivity contribution in [2.75, 3.05) is 0 Å². The maximum atomic E-state index is 13.3. The van der Waals surface area contributed by atoms with Crippen molar-refractivity contribution in [1.29, 1.82) is 0 Å². The van der Waals surface area contributed by atoms with E-state index in [2.05, 4.69) is 6.58 Å². The number of hydrogen-bond acceptors (Lipinski definition) is 3. The van der Waals surface area contributed by atoms with E-state index < -0.39 is 32.7 Å². The Hall–Kier alpha value is -1.73. The number of nitrogens with one attached hydrogen (secondary N) is 1. The second-order valence-electron chi connectivity index (χ2n) is 3.47. The number of carboxylic acid groups (broad SMARTS) is 1. The van der Waals surface area contributed by atoms with Gasteiger partial charge in [0.15, 0.2) is 0 Å². The predicted octanol–water partition coefficient (Wildman–Crippen LogP) is 1.13. The van der Waals surface area contributed by atoms with E-state index >= 15 is 0 Å². The molecule has 0 amide bonds. The van der Waals surface area contributed by atoms with E-state index in [1.54, 1.807) is 0 Å². The summed E-state index contributed by atoms with van der Waals surface area (Å²) in [5, 5.41) is 8.82. The van der Waals surface area contributed by atoms with E-state index in [0.717, 1.165) is 12.1 Å². The lowest BCUT2D eigenvalue weighted by Crippen LogP contribution is -2.40. The molecule has 0 aliphatic heterocycles. The molecule has 7 heteroatoms. The van der Waals surface area contributed by atoms with Gasteiger partial charge in [-0.05, 0) is 18.6 Å². The number of hydrogen-bond donors (Lipinski definition) is 2. The molecule has 0 radical (unpaired) electrons. The van der Waals surface area contributed by atoms with Gasteiger partial charge in [-0.25, -0.2) is 12.8 Å². The highest BCUT2D eigenvalue weighted by molar-refractivity contribution is 7.89. The summed E-state index contributed by atoms with van der Waals surface area (Å²) in [7, 11) is -4.21. The van der Waals surface area contributed by atoms with Crippen LogP contribution < -0.4 is 4.72 Å². The van der Waals surface area contributed by atoms with E-state index in [-0.39, 0.29) is 6.42 Å². The summed E-state index contributed by atoms with van der Waals surface area (Å²) in [4.78, 5) is 10.2. The molecule has 0 aliphatic carbocycles. The van der Waals surface area contributed by atoms with Crippen molar-refractivity contribution >= 4 is 16.0 Å². The van der Waals surface area contributed by atoms with Gasteiger partial charge in [0.25, 0.3) is 0 Å². The molecular formula is C11H12FNO4S. The quantitative estimate of drug-likeness (QED) is 0.761. The van der Waals surface area contributed by atoms with Crippen molar-refractivity contribution in [3.63, 3.8) is 0 Å². The van der Waals surface area contributed by atoms with Gasteiger partial charge >= 0.3 is 5.97 Å². The van der Waals surface area contributed by atoms with Crippen LogP contribution in [-0.4, -0.2) is 25.5 Å². The second-order valence-corrected chi connectivity index (χ2v) is 5.15. The summed E-state index contributed by atoms with van der Waals surface area (Å²) in [6, 6.07) is 3.36. The zero-order valence-electron chi connectivity index (χ0n) is 9.34. The SMILES string of the molecule is C=CCC(NS(=O)(=O)c1ccccc1F)C(=O)O. The van der Waals surface area contributed by atoms with Crippen molar-refractivity contribution in [1.82, 2.24) is 4.72 Å². The van der Waals surface area contributed by atoms with Crippen molar-refractivity contribution in [2.24, 2.45) is 0 Å². The third-order valence-electron chi connectivity index (χ3n) is 2.12. The standard InChI is InChI=1S/C11H12FNO4S/c1-2-5-9(11(14)15)13-18(16,17)10-7-4-3-6-8(10)12/h2-4,6-7,9,13H,1,5H2,(H,14,15). The maximum Gasteiger partial charge on any atom is 0.322 e. The first-order valence-electron chi connectivity index (χ1n) is 4.99. The van der Waals surface area contributed by atoms with Gasteiger partial charge in [0, 0.05) is 0 Å². The van der Waals surface area contributed by atoms with Gasteiger partial charge in [0.05, 0.1) is 0 Å². The molecule has 98 valence electrons. The van der Waals surface area contributed by atoms with Crippen LogP contribution in [0.1, 0.15) is 6.42 Å². The summed E-state index contributed by atoms with van der Waals surface area (Å²) in [5.74, 6) is -2.29. The Bertz CT molecular complexity index is 556. The number of carboxylic acids is 1. The van der Waals surface area contributed by atoms with E-state index in [1.165, 1.54) is 18.2 Å². The topological polar surface area (TPSA) is 83.5 Å². The van der Waals surface area contributed by atoms with Crippen molar-refractivity contribution in [3.05, 3.63) is 42.7 Å². The van der Waals surface area contributed by atoms with E-state index in [0.29, 0.717) is 0 Å². The molecule has 0 fully saturated rings.